The maximum Gasteiger partial charge on any atom is 1.00 e. The molecule has 0 spiro atoms. The van der Waals surface area contributed by atoms with Crippen molar-refractivity contribution in [1.29, 1.82) is 0 Å². The number of nitrogens with zero attached hydrogens (tertiary/aromatic N) is 3. The predicted molar refractivity (Wildman–Crippen MR) is 92.4 cm³/mol. The SMILES string of the molecule is [2H]C([2H])([2H])N1CCN(c2c(F)cc3c(=O)c(C(=O)[O-])cn4c3c2OC[C@@H]4C)CC1.[Na+]. The minimum atomic E-state index is -2.21. The molecule has 1 aromatic carbocycles. The van der Waals surface area contributed by atoms with Crippen LogP contribution in [0.3, 0.4) is 0 Å². The number of carbonyl (C=O) groups is 1. The first-order chi connectivity index (χ1) is 13.6. The molecule has 0 aliphatic carbocycles. The number of rotatable bonds is 2. The molecule has 1 atom stereocenters. The summed E-state index contributed by atoms with van der Waals surface area (Å²) in [4.78, 5) is 27.0. The average molecular weight is 386 g/mol. The monoisotopic (exact) mass is 386 g/mol. The van der Waals surface area contributed by atoms with Gasteiger partial charge in [-0.2, -0.15) is 0 Å². The Morgan fingerprint density at radius 2 is 2.07 bits per heavy atom. The first kappa shape index (κ1) is 16.4. The van der Waals surface area contributed by atoms with Gasteiger partial charge >= 0.3 is 29.6 Å². The van der Waals surface area contributed by atoms with Gasteiger partial charge in [0.2, 0.25) is 0 Å². The van der Waals surface area contributed by atoms with Gasteiger partial charge in [-0.05, 0) is 20.0 Å². The smallest absolute Gasteiger partial charge is 0.545 e. The van der Waals surface area contributed by atoms with Crippen LogP contribution < -0.4 is 49.7 Å². The molecule has 138 valence electrons. The third kappa shape index (κ3) is 3.24. The zero-order valence-electron chi connectivity index (χ0n) is 18.1. The first-order valence-electron chi connectivity index (χ1n) is 9.85. The summed E-state index contributed by atoms with van der Waals surface area (Å²) in [7, 11) is 0. The number of carboxylic acid groups (broad SMARTS) is 1. The number of pyridine rings is 1. The van der Waals surface area contributed by atoms with Crippen LogP contribution >= 0.6 is 0 Å². The van der Waals surface area contributed by atoms with Gasteiger partial charge in [0.1, 0.15) is 12.3 Å². The number of piperazine rings is 1. The van der Waals surface area contributed by atoms with E-state index in [0.29, 0.717) is 5.52 Å². The van der Waals surface area contributed by atoms with Gasteiger partial charge in [0.15, 0.2) is 17.0 Å². The first-order valence-corrected chi connectivity index (χ1v) is 8.35. The summed E-state index contributed by atoms with van der Waals surface area (Å²) in [5.74, 6) is -2.17. The van der Waals surface area contributed by atoms with Gasteiger partial charge in [-0.25, -0.2) is 4.39 Å². The molecule has 1 fully saturated rings. The zero-order valence-corrected chi connectivity index (χ0v) is 17.1. The summed E-state index contributed by atoms with van der Waals surface area (Å²) in [6.07, 6.45) is 1.21. The standard InChI is InChI=1S/C18H20FN3O4.Na/c1-10-9-26-17-14-11(16(23)12(18(24)25)8-22(10)14)7-13(19)15(17)21-5-3-20(2)4-6-21;/h7-8,10H,3-6,9H2,1-2H3,(H,24,25);/q;+1/p-1/t10-;/m0./s1/i2D3;. The molecule has 1 aromatic heterocycles. The number of aromatic carboxylic acids is 1. The molecular formula is C18H19FN3NaO4. The summed E-state index contributed by atoms with van der Waals surface area (Å²) in [6, 6.07) is 0.756. The van der Waals surface area contributed by atoms with Crippen molar-refractivity contribution in [1.82, 2.24) is 9.47 Å². The molecule has 2 aliphatic heterocycles. The Balaban J connectivity index is 0.00000256. The van der Waals surface area contributed by atoms with E-state index in [1.165, 1.54) is 11.1 Å². The van der Waals surface area contributed by atoms with E-state index in [1.54, 1.807) is 16.4 Å². The van der Waals surface area contributed by atoms with E-state index in [4.69, 9.17) is 8.85 Å². The second-order valence-electron chi connectivity index (χ2n) is 6.63. The fraction of sp³-hybridized carbons (Fsp3) is 0.444. The molecule has 0 N–H and O–H groups in total. The summed E-state index contributed by atoms with van der Waals surface area (Å²) in [5, 5.41) is 11.3. The Labute approximate surface area is 181 Å². The number of carbonyl (C=O) groups excluding carboxylic acids is 1. The van der Waals surface area contributed by atoms with Crippen molar-refractivity contribution < 1.29 is 52.7 Å². The number of likely N-dealkylation sites (N-methyl/N-ethyl adjacent to an activating group) is 1. The van der Waals surface area contributed by atoms with Crippen molar-refractivity contribution >= 4 is 22.6 Å². The molecule has 27 heavy (non-hydrogen) atoms. The summed E-state index contributed by atoms with van der Waals surface area (Å²) in [6.45, 7) is 0.742. The van der Waals surface area contributed by atoms with Crippen LogP contribution in [0.25, 0.3) is 10.9 Å². The molecule has 9 heteroatoms. The zero-order chi connectivity index (χ0) is 21.1. The molecule has 4 rings (SSSR count). The van der Waals surface area contributed by atoms with Crippen LogP contribution in [0.15, 0.2) is 17.1 Å². The van der Waals surface area contributed by atoms with Crippen molar-refractivity contribution in [2.45, 2.75) is 13.0 Å². The Morgan fingerprint density at radius 3 is 2.70 bits per heavy atom. The molecule has 0 saturated carbocycles. The largest absolute Gasteiger partial charge is 1.00 e. The van der Waals surface area contributed by atoms with Crippen LogP contribution in [0, 0.1) is 5.82 Å². The summed E-state index contributed by atoms with van der Waals surface area (Å²) in [5.41, 5.74) is -0.874. The van der Waals surface area contributed by atoms with Gasteiger partial charge in [-0.1, -0.05) is 0 Å². The Bertz CT molecular complexity index is 1070. The number of aromatic nitrogens is 1. The number of hydrogen-bond acceptors (Lipinski definition) is 6. The van der Waals surface area contributed by atoms with Gasteiger partial charge in [0.05, 0.1) is 28.5 Å². The fourth-order valence-corrected chi connectivity index (χ4v) is 3.58. The van der Waals surface area contributed by atoms with Crippen LogP contribution in [-0.4, -0.2) is 55.2 Å². The van der Waals surface area contributed by atoms with Crippen molar-refractivity contribution in [3.8, 4) is 5.75 Å². The van der Waals surface area contributed by atoms with E-state index in [-0.39, 0.29) is 85.2 Å². The topological polar surface area (TPSA) is 77.8 Å². The van der Waals surface area contributed by atoms with E-state index < -0.39 is 29.8 Å². The average Bonchev–Trinajstić information content (AvgIpc) is 2.65. The number of ether oxygens (including phenoxy) is 1. The summed E-state index contributed by atoms with van der Waals surface area (Å²) < 4.78 is 45.0. The van der Waals surface area contributed by atoms with E-state index in [0.717, 1.165) is 6.07 Å². The van der Waals surface area contributed by atoms with Gasteiger partial charge < -0.3 is 29.0 Å². The van der Waals surface area contributed by atoms with E-state index >= 15 is 4.39 Å². The molecular weight excluding hydrogens is 364 g/mol. The molecule has 0 radical (unpaired) electrons. The van der Waals surface area contributed by atoms with E-state index in [9.17, 15) is 14.7 Å². The minimum absolute atomic E-state index is 0. The third-order valence-electron chi connectivity index (χ3n) is 4.96. The van der Waals surface area contributed by atoms with Gasteiger partial charge in [0.25, 0.3) is 0 Å². The maximum atomic E-state index is 15.1. The van der Waals surface area contributed by atoms with Crippen molar-refractivity contribution in [3.63, 3.8) is 0 Å². The quantitative estimate of drug-likeness (QED) is 0.520. The molecule has 0 unspecified atom stereocenters. The third-order valence-corrected chi connectivity index (χ3v) is 4.96. The van der Waals surface area contributed by atoms with Crippen LogP contribution in [0.2, 0.25) is 0 Å². The Kier molecular flexibility index (Phi) is 4.50. The molecule has 7 nitrogen and oxygen atoms in total. The predicted octanol–water partition coefficient (Wildman–Crippen LogP) is -2.79. The van der Waals surface area contributed by atoms with E-state index in [2.05, 4.69) is 0 Å². The molecule has 3 heterocycles. The Hall–Kier alpha value is -1.61. The molecule has 2 aromatic rings. The molecule has 2 aliphatic rings. The van der Waals surface area contributed by atoms with Crippen LogP contribution in [-0.2, 0) is 0 Å². The normalized spacial score (nSPS) is 21.6. The number of anilines is 1. The molecule has 1 saturated heterocycles. The number of benzene rings is 1. The van der Waals surface area contributed by atoms with Gasteiger partial charge in [-0.15, -0.1) is 0 Å². The van der Waals surface area contributed by atoms with Gasteiger partial charge in [0, 0.05) is 36.5 Å². The molecule has 0 bridgehead atoms. The van der Waals surface area contributed by atoms with Crippen molar-refractivity contribution in [2.24, 2.45) is 0 Å². The van der Waals surface area contributed by atoms with Crippen LogP contribution in [0.4, 0.5) is 10.1 Å². The minimum Gasteiger partial charge on any atom is -0.545 e. The number of hydrogen-bond donors (Lipinski definition) is 0. The van der Waals surface area contributed by atoms with Crippen LogP contribution in [0.5, 0.6) is 5.75 Å². The number of carboxylic acids is 1. The Morgan fingerprint density at radius 1 is 1.37 bits per heavy atom. The van der Waals surface area contributed by atoms with Gasteiger partial charge in [-0.3, -0.25) is 4.79 Å². The second-order valence-corrected chi connectivity index (χ2v) is 6.63. The second kappa shape index (κ2) is 7.43. The van der Waals surface area contributed by atoms with E-state index in [1.807, 2.05) is 0 Å². The maximum absolute atomic E-state index is 15.1. The number of halogens is 1. The molecule has 0 amide bonds. The van der Waals surface area contributed by atoms with Crippen LogP contribution in [0.1, 0.15) is 27.4 Å². The van der Waals surface area contributed by atoms with Crippen molar-refractivity contribution in [2.75, 3.05) is 44.7 Å². The fourth-order valence-electron chi connectivity index (χ4n) is 3.58. The summed E-state index contributed by atoms with van der Waals surface area (Å²) >= 11 is 0. The van der Waals surface area contributed by atoms with Crippen molar-refractivity contribution in [3.05, 3.63) is 33.9 Å².